The van der Waals surface area contributed by atoms with E-state index in [0.717, 1.165) is 65.7 Å². The van der Waals surface area contributed by atoms with Crippen molar-refractivity contribution in [3.05, 3.63) is 59.1 Å². The number of hydrogen-bond donors (Lipinski definition) is 2. The summed E-state index contributed by atoms with van der Waals surface area (Å²) in [5.74, 6) is 1.57. The molecule has 4 heterocycles. The molecule has 3 N–H and O–H groups in total. The van der Waals surface area contributed by atoms with E-state index in [4.69, 9.17) is 22.3 Å². The predicted molar refractivity (Wildman–Crippen MR) is 128 cm³/mol. The van der Waals surface area contributed by atoms with Gasteiger partial charge in [-0.1, -0.05) is 35.5 Å². The zero-order valence-electron chi connectivity index (χ0n) is 17.8. The monoisotopic (exact) mass is 479 g/mol. The van der Waals surface area contributed by atoms with Gasteiger partial charge in [-0.3, -0.25) is 0 Å². The Balaban J connectivity index is 1.24. The van der Waals surface area contributed by atoms with E-state index >= 15 is 0 Å². The number of nitrogen functional groups attached to an aromatic ring is 1. The van der Waals surface area contributed by atoms with Gasteiger partial charge in [0.25, 0.3) is 0 Å². The number of fused-ring (bicyclic) bond motifs is 2. The van der Waals surface area contributed by atoms with E-state index in [2.05, 4.69) is 26.1 Å². The first-order valence-electron chi connectivity index (χ1n) is 10.8. The fraction of sp³-hybridized carbons (Fsp3) is 0.304. The minimum Gasteiger partial charge on any atom is -0.508 e. The predicted octanol–water partition coefficient (Wildman–Crippen LogP) is 4.00. The van der Waals surface area contributed by atoms with Gasteiger partial charge in [0.2, 0.25) is 5.95 Å². The van der Waals surface area contributed by atoms with Crippen molar-refractivity contribution in [2.45, 2.75) is 35.5 Å². The summed E-state index contributed by atoms with van der Waals surface area (Å²) in [4.78, 5) is 12.7. The molecular formula is C23H22ClN7OS. The van der Waals surface area contributed by atoms with Crippen LogP contribution in [-0.4, -0.2) is 42.8 Å². The third-order valence-electron chi connectivity index (χ3n) is 6.85. The Morgan fingerprint density at radius 1 is 1.09 bits per heavy atom. The number of nitrogens with zero attached hydrogens (tertiary/aromatic N) is 6. The second-order valence-corrected chi connectivity index (χ2v) is 10.3. The Bertz CT molecular complexity index is 1370. The highest BCUT2D eigenvalue weighted by molar-refractivity contribution is 7.99. The van der Waals surface area contributed by atoms with Gasteiger partial charge in [0.05, 0.1) is 9.92 Å². The number of halogens is 1. The highest BCUT2D eigenvalue weighted by Crippen LogP contribution is 2.47. The van der Waals surface area contributed by atoms with Gasteiger partial charge in [-0.15, -0.1) is 10.2 Å². The molecular weight excluding hydrogens is 458 g/mol. The average molecular weight is 480 g/mol. The molecule has 0 amide bonds. The number of hydrogen-bond acceptors (Lipinski definition) is 8. The van der Waals surface area contributed by atoms with E-state index < -0.39 is 0 Å². The van der Waals surface area contributed by atoms with E-state index in [1.54, 1.807) is 18.6 Å². The summed E-state index contributed by atoms with van der Waals surface area (Å²) in [5, 5.41) is 19.2. The lowest BCUT2D eigenvalue weighted by Gasteiger charge is -2.39. The van der Waals surface area contributed by atoms with Crippen LogP contribution in [0.3, 0.4) is 0 Å². The zero-order valence-corrected chi connectivity index (χ0v) is 19.4. The minimum atomic E-state index is 0.220. The summed E-state index contributed by atoms with van der Waals surface area (Å²) in [6.07, 6.45) is 9.25. The Hall–Kier alpha value is -3.04. The van der Waals surface area contributed by atoms with Gasteiger partial charge in [-0.05, 0) is 54.4 Å². The summed E-state index contributed by atoms with van der Waals surface area (Å²) in [7, 11) is 0. The summed E-state index contributed by atoms with van der Waals surface area (Å²) < 4.78 is 1.94. The van der Waals surface area contributed by atoms with Crippen molar-refractivity contribution in [1.82, 2.24) is 24.6 Å². The molecule has 0 bridgehead atoms. The number of anilines is 2. The molecule has 1 aromatic carbocycles. The third-order valence-corrected chi connectivity index (χ3v) is 8.43. The van der Waals surface area contributed by atoms with Gasteiger partial charge < -0.3 is 15.7 Å². The summed E-state index contributed by atoms with van der Waals surface area (Å²) >= 11 is 7.78. The van der Waals surface area contributed by atoms with Gasteiger partial charge in [0.15, 0.2) is 5.65 Å². The van der Waals surface area contributed by atoms with E-state index in [-0.39, 0.29) is 5.41 Å². The first-order chi connectivity index (χ1) is 16.0. The molecule has 10 heteroatoms. The first-order valence-corrected chi connectivity index (χ1v) is 12.0. The fourth-order valence-corrected chi connectivity index (χ4v) is 6.22. The largest absolute Gasteiger partial charge is 0.508 e. The Morgan fingerprint density at radius 2 is 1.94 bits per heavy atom. The van der Waals surface area contributed by atoms with Crippen molar-refractivity contribution in [2.24, 2.45) is 5.41 Å². The molecule has 3 aromatic heterocycles. The maximum absolute atomic E-state index is 10.3. The lowest BCUT2D eigenvalue weighted by molar-refractivity contribution is 0.230. The molecule has 1 spiro atoms. The van der Waals surface area contributed by atoms with Crippen LogP contribution in [-0.2, 0) is 12.8 Å². The maximum Gasteiger partial charge on any atom is 0.212 e. The second kappa shape index (κ2) is 7.78. The molecule has 0 atom stereocenters. The molecule has 0 radical (unpaired) electrons. The van der Waals surface area contributed by atoms with Crippen LogP contribution in [0.5, 0.6) is 5.75 Å². The number of aromatic nitrogens is 5. The van der Waals surface area contributed by atoms with E-state index in [1.165, 1.54) is 17.3 Å². The first kappa shape index (κ1) is 20.6. The number of aromatic hydroxyl groups is 1. The van der Waals surface area contributed by atoms with Gasteiger partial charge in [0.1, 0.15) is 17.9 Å². The molecule has 4 aromatic rings. The van der Waals surface area contributed by atoms with Crippen LogP contribution in [0.25, 0.3) is 5.65 Å². The number of nitrogens with two attached hydrogens (primary N) is 1. The van der Waals surface area contributed by atoms with Crippen molar-refractivity contribution >= 4 is 40.8 Å². The van der Waals surface area contributed by atoms with Crippen LogP contribution in [0.4, 0.5) is 11.8 Å². The molecule has 1 saturated heterocycles. The fourth-order valence-electron chi connectivity index (χ4n) is 5.10. The molecule has 168 valence electrons. The lowest BCUT2D eigenvalue weighted by Crippen LogP contribution is -2.41. The summed E-state index contributed by atoms with van der Waals surface area (Å²) in [6, 6.07) is 7.72. The third kappa shape index (κ3) is 3.46. The van der Waals surface area contributed by atoms with Gasteiger partial charge in [0, 0.05) is 30.4 Å². The summed E-state index contributed by atoms with van der Waals surface area (Å²) in [5.41, 5.74) is 9.22. The second-order valence-electron chi connectivity index (χ2n) is 8.81. The van der Waals surface area contributed by atoms with E-state index in [0.29, 0.717) is 16.6 Å². The van der Waals surface area contributed by atoms with E-state index in [9.17, 15) is 5.11 Å². The molecule has 6 rings (SSSR count). The Morgan fingerprint density at radius 3 is 2.76 bits per heavy atom. The van der Waals surface area contributed by atoms with Crippen LogP contribution in [0, 0.1) is 5.41 Å². The number of phenolic OH excluding ortho intramolecular Hbond substituents is 1. The van der Waals surface area contributed by atoms with Crippen molar-refractivity contribution in [1.29, 1.82) is 0 Å². The van der Waals surface area contributed by atoms with Crippen LogP contribution in [0.2, 0.25) is 5.02 Å². The molecule has 8 nitrogen and oxygen atoms in total. The molecule has 33 heavy (non-hydrogen) atoms. The SMILES string of the molecule is Nc1nccc(Sc2cnc(N3CCC4(CC3)Cc3cccc(O)c3C4)n3cnnc23)c1Cl. The summed E-state index contributed by atoms with van der Waals surface area (Å²) in [6.45, 7) is 1.79. The van der Waals surface area contributed by atoms with Gasteiger partial charge >= 0.3 is 0 Å². The van der Waals surface area contributed by atoms with Crippen molar-refractivity contribution in [2.75, 3.05) is 23.7 Å². The molecule has 2 aliphatic rings. The van der Waals surface area contributed by atoms with Crippen LogP contribution < -0.4 is 10.6 Å². The molecule has 1 aliphatic carbocycles. The molecule has 0 unspecified atom stereocenters. The number of pyridine rings is 1. The zero-order chi connectivity index (χ0) is 22.6. The standard InChI is InChI=1S/C23H22ClN7OS/c24-19-17(4-7-26-20(19)25)33-18-12-27-22(31-13-28-29-21(18)31)30-8-5-23(6-9-30)10-14-2-1-3-16(32)15(14)11-23/h1-4,7,12-13,32H,5-6,8-11H2,(H2,25,26). The normalized spacial score (nSPS) is 17.1. The van der Waals surface area contributed by atoms with Gasteiger partial charge in [-0.2, -0.15) is 0 Å². The van der Waals surface area contributed by atoms with Crippen LogP contribution in [0.1, 0.15) is 24.0 Å². The van der Waals surface area contributed by atoms with Gasteiger partial charge in [-0.25, -0.2) is 14.4 Å². The van der Waals surface area contributed by atoms with Crippen molar-refractivity contribution < 1.29 is 5.11 Å². The Kier molecular flexibility index (Phi) is 4.84. The Labute approximate surface area is 199 Å². The highest BCUT2D eigenvalue weighted by Gasteiger charge is 2.41. The lowest BCUT2D eigenvalue weighted by atomic mass is 9.76. The molecule has 1 aliphatic heterocycles. The van der Waals surface area contributed by atoms with Crippen molar-refractivity contribution in [3.8, 4) is 5.75 Å². The average Bonchev–Trinajstić information content (AvgIpc) is 3.44. The number of benzene rings is 1. The van der Waals surface area contributed by atoms with Crippen molar-refractivity contribution in [3.63, 3.8) is 0 Å². The van der Waals surface area contributed by atoms with E-state index in [1.807, 2.05) is 22.7 Å². The number of piperidine rings is 1. The minimum absolute atomic E-state index is 0.220. The van der Waals surface area contributed by atoms with Crippen LogP contribution >= 0.6 is 23.4 Å². The molecule has 0 saturated carbocycles. The van der Waals surface area contributed by atoms with Crippen LogP contribution in [0.15, 0.2) is 52.8 Å². The topological polar surface area (TPSA) is 105 Å². The number of phenols is 1. The smallest absolute Gasteiger partial charge is 0.212 e. The maximum atomic E-state index is 10.3. The number of rotatable bonds is 3. The molecule has 1 fully saturated rings. The quantitative estimate of drug-likeness (QED) is 0.454. The highest BCUT2D eigenvalue weighted by atomic mass is 35.5.